The molecule has 2 aliphatic heterocycles. The molecule has 1 amide bonds. The van der Waals surface area contributed by atoms with E-state index in [9.17, 15) is 9.90 Å². The van der Waals surface area contributed by atoms with Crippen LogP contribution in [0.1, 0.15) is 45.3 Å². The lowest BCUT2D eigenvalue weighted by Crippen LogP contribution is -2.51. The molecule has 1 aromatic rings. The van der Waals surface area contributed by atoms with Crippen molar-refractivity contribution >= 4 is 22.0 Å². The summed E-state index contributed by atoms with van der Waals surface area (Å²) < 4.78 is 12.4. The number of aliphatic hydroxyl groups excluding tert-OH is 1. The zero-order valence-corrected chi connectivity index (χ0v) is 15.2. The Morgan fingerprint density at radius 2 is 2.04 bits per heavy atom. The van der Waals surface area contributed by atoms with Gasteiger partial charge in [0.2, 0.25) is 0 Å². The summed E-state index contributed by atoms with van der Waals surface area (Å²) in [6.07, 6.45) is 0.190. The molecule has 1 spiro atoms. The fourth-order valence-corrected chi connectivity index (χ4v) is 3.53. The molecule has 3 rings (SSSR count). The van der Waals surface area contributed by atoms with Gasteiger partial charge in [0.25, 0.3) is 0 Å². The van der Waals surface area contributed by atoms with E-state index < -0.39 is 17.3 Å². The molecule has 0 aromatic heterocycles. The lowest BCUT2D eigenvalue weighted by atomic mass is 9.84. The van der Waals surface area contributed by atoms with Gasteiger partial charge >= 0.3 is 6.09 Å². The zero-order valence-electron chi connectivity index (χ0n) is 13.6. The van der Waals surface area contributed by atoms with Crippen molar-refractivity contribution in [2.45, 2.75) is 50.9 Å². The van der Waals surface area contributed by atoms with E-state index >= 15 is 0 Å². The molecule has 0 aliphatic carbocycles. The van der Waals surface area contributed by atoms with Gasteiger partial charge in [0.05, 0.1) is 0 Å². The van der Waals surface area contributed by atoms with Crippen LogP contribution < -0.4 is 4.74 Å². The Morgan fingerprint density at radius 1 is 1.39 bits per heavy atom. The molecule has 2 aliphatic rings. The summed E-state index contributed by atoms with van der Waals surface area (Å²) in [6.45, 7) is 6.60. The summed E-state index contributed by atoms with van der Waals surface area (Å²) >= 11 is 3.43. The van der Waals surface area contributed by atoms with E-state index in [0.717, 1.165) is 15.8 Å². The molecule has 1 saturated heterocycles. The summed E-state index contributed by atoms with van der Waals surface area (Å²) in [5, 5.41) is 10.7. The Balaban J connectivity index is 1.69. The lowest BCUT2D eigenvalue weighted by Gasteiger charge is -2.40. The van der Waals surface area contributed by atoms with E-state index in [0.29, 0.717) is 25.9 Å². The van der Waals surface area contributed by atoms with E-state index in [2.05, 4.69) is 15.9 Å². The maximum absolute atomic E-state index is 12.2. The number of benzene rings is 1. The largest absolute Gasteiger partial charge is 0.484 e. The molecule has 0 bridgehead atoms. The number of rotatable bonds is 0. The van der Waals surface area contributed by atoms with Gasteiger partial charge < -0.3 is 19.5 Å². The first kappa shape index (κ1) is 16.6. The number of amides is 1. The number of hydrogen-bond acceptors (Lipinski definition) is 4. The van der Waals surface area contributed by atoms with Gasteiger partial charge in [-0.1, -0.05) is 15.9 Å². The highest BCUT2D eigenvalue weighted by Crippen LogP contribution is 2.49. The number of likely N-dealkylation sites (tertiary alicyclic amines) is 1. The van der Waals surface area contributed by atoms with Crippen LogP contribution in [0.15, 0.2) is 22.7 Å². The van der Waals surface area contributed by atoms with Gasteiger partial charge in [0.15, 0.2) is 0 Å². The standard InChI is InChI=1S/C17H22BrNO4/c1-16(2,3)23-15(21)19-8-6-17(7-9-19)14(20)12-10-11(18)4-5-13(12)22-17/h4-5,10,14,20H,6-9H2,1-3H3. The minimum atomic E-state index is -0.671. The first-order valence-electron chi connectivity index (χ1n) is 7.85. The molecule has 1 fully saturated rings. The van der Waals surface area contributed by atoms with Crippen LogP contribution in [0.4, 0.5) is 4.79 Å². The predicted molar refractivity (Wildman–Crippen MR) is 89.5 cm³/mol. The van der Waals surface area contributed by atoms with E-state index in [4.69, 9.17) is 9.47 Å². The second kappa shape index (κ2) is 5.67. The van der Waals surface area contributed by atoms with Crippen LogP contribution in [0.2, 0.25) is 0 Å². The fraction of sp³-hybridized carbons (Fsp3) is 0.588. The topological polar surface area (TPSA) is 59.0 Å². The van der Waals surface area contributed by atoms with Crippen molar-refractivity contribution in [3.63, 3.8) is 0 Å². The van der Waals surface area contributed by atoms with E-state index in [1.165, 1.54) is 0 Å². The molecule has 126 valence electrons. The van der Waals surface area contributed by atoms with Crippen molar-refractivity contribution in [1.82, 2.24) is 4.90 Å². The molecule has 1 unspecified atom stereocenters. The number of halogens is 1. The molecule has 0 radical (unpaired) electrons. The molecule has 1 N–H and O–H groups in total. The third kappa shape index (κ3) is 3.19. The average Bonchev–Trinajstić information content (AvgIpc) is 2.71. The number of aliphatic hydroxyl groups is 1. The third-order valence-electron chi connectivity index (χ3n) is 4.34. The van der Waals surface area contributed by atoms with Crippen molar-refractivity contribution in [1.29, 1.82) is 0 Å². The molecular formula is C17H22BrNO4. The number of carbonyl (C=O) groups excluding carboxylic acids is 1. The van der Waals surface area contributed by atoms with Crippen molar-refractivity contribution in [2.75, 3.05) is 13.1 Å². The van der Waals surface area contributed by atoms with Crippen molar-refractivity contribution in [2.24, 2.45) is 0 Å². The van der Waals surface area contributed by atoms with Crippen LogP contribution in [0.3, 0.4) is 0 Å². The van der Waals surface area contributed by atoms with Gasteiger partial charge in [0, 0.05) is 36.0 Å². The van der Waals surface area contributed by atoms with Crippen LogP contribution >= 0.6 is 15.9 Å². The Labute approximate surface area is 144 Å². The monoisotopic (exact) mass is 383 g/mol. The Bertz CT molecular complexity index is 618. The average molecular weight is 384 g/mol. The number of fused-ring (bicyclic) bond motifs is 1. The molecule has 0 saturated carbocycles. The quantitative estimate of drug-likeness (QED) is 0.742. The molecule has 6 heteroatoms. The summed E-state index contributed by atoms with van der Waals surface area (Å²) in [4.78, 5) is 13.8. The highest BCUT2D eigenvalue weighted by atomic mass is 79.9. The second-order valence-corrected chi connectivity index (χ2v) is 8.13. The summed E-state index contributed by atoms with van der Waals surface area (Å²) in [5.41, 5.74) is -0.329. The molecule has 1 atom stereocenters. The lowest BCUT2D eigenvalue weighted by molar-refractivity contribution is -0.0703. The van der Waals surface area contributed by atoms with Gasteiger partial charge in [-0.05, 0) is 39.0 Å². The van der Waals surface area contributed by atoms with Crippen molar-refractivity contribution < 1.29 is 19.4 Å². The van der Waals surface area contributed by atoms with Gasteiger partial charge in [-0.25, -0.2) is 4.79 Å². The SMILES string of the molecule is CC(C)(C)OC(=O)N1CCC2(CC1)Oc1ccc(Br)cc1C2O. The van der Waals surface area contributed by atoms with Crippen molar-refractivity contribution in [3.8, 4) is 5.75 Å². The van der Waals surface area contributed by atoms with Crippen LogP contribution in [-0.2, 0) is 4.74 Å². The fourth-order valence-electron chi connectivity index (χ4n) is 3.15. The molecule has 23 heavy (non-hydrogen) atoms. The number of carbonyl (C=O) groups is 1. The minimum absolute atomic E-state index is 0.305. The Hall–Kier alpha value is -1.27. The molecular weight excluding hydrogens is 362 g/mol. The predicted octanol–water partition coefficient (Wildman–Crippen LogP) is 3.64. The summed E-state index contributed by atoms with van der Waals surface area (Å²) in [5.74, 6) is 0.728. The minimum Gasteiger partial charge on any atom is -0.484 e. The smallest absolute Gasteiger partial charge is 0.410 e. The van der Waals surface area contributed by atoms with Crippen LogP contribution in [-0.4, -0.2) is 40.4 Å². The van der Waals surface area contributed by atoms with Gasteiger partial charge in [-0.15, -0.1) is 0 Å². The maximum atomic E-state index is 12.2. The summed E-state index contributed by atoms with van der Waals surface area (Å²) in [7, 11) is 0. The maximum Gasteiger partial charge on any atom is 0.410 e. The first-order valence-corrected chi connectivity index (χ1v) is 8.64. The zero-order chi connectivity index (χ0) is 16.8. The van der Waals surface area contributed by atoms with Gasteiger partial charge in [-0.3, -0.25) is 0 Å². The Morgan fingerprint density at radius 3 is 2.65 bits per heavy atom. The van der Waals surface area contributed by atoms with Gasteiger partial charge in [-0.2, -0.15) is 0 Å². The Kier molecular flexibility index (Phi) is 4.09. The number of piperidine rings is 1. The highest BCUT2D eigenvalue weighted by molar-refractivity contribution is 9.10. The first-order chi connectivity index (χ1) is 10.7. The number of nitrogens with zero attached hydrogens (tertiary/aromatic N) is 1. The molecule has 1 aromatic carbocycles. The van der Waals surface area contributed by atoms with E-state index in [-0.39, 0.29) is 6.09 Å². The second-order valence-electron chi connectivity index (χ2n) is 7.22. The van der Waals surface area contributed by atoms with E-state index in [1.54, 1.807) is 4.90 Å². The highest BCUT2D eigenvalue weighted by Gasteiger charge is 2.50. The van der Waals surface area contributed by atoms with E-state index in [1.807, 2.05) is 39.0 Å². The van der Waals surface area contributed by atoms with Crippen LogP contribution in [0, 0.1) is 0 Å². The normalized spacial score (nSPS) is 22.7. The molecule has 5 nitrogen and oxygen atoms in total. The summed E-state index contributed by atoms with van der Waals surface area (Å²) in [6, 6.07) is 5.67. The van der Waals surface area contributed by atoms with Crippen molar-refractivity contribution in [3.05, 3.63) is 28.2 Å². The number of ether oxygens (including phenoxy) is 2. The van der Waals surface area contributed by atoms with Gasteiger partial charge in [0.1, 0.15) is 23.1 Å². The van der Waals surface area contributed by atoms with Crippen LogP contribution in [0.25, 0.3) is 0 Å². The van der Waals surface area contributed by atoms with Crippen LogP contribution in [0.5, 0.6) is 5.75 Å². The number of hydrogen-bond donors (Lipinski definition) is 1. The molecule has 2 heterocycles. The third-order valence-corrected chi connectivity index (χ3v) is 4.83.